The number of rotatable bonds is 5. The van der Waals surface area contributed by atoms with Gasteiger partial charge in [-0.2, -0.15) is 0 Å². The van der Waals surface area contributed by atoms with E-state index in [2.05, 4.69) is 10.1 Å². The maximum Gasteiger partial charge on any atom is 0.325 e. The summed E-state index contributed by atoms with van der Waals surface area (Å²) in [6.07, 6.45) is 0. The molecule has 28 heavy (non-hydrogen) atoms. The first-order valence-corrected chi connectivity index (χ1v) is 8.82. The lowest BCUT2D eigenvalue weighted by Gasteiger charge is -2.39. The van der Waals surface area contributed by atoms with Gasteiger partial charge in [0.15, 0.2) is 0 Å². The standard InChI is InChI=1S/C21H22N2O5/c1-23-19(13-8-10-14(27-2)11-9-13)18(20(25)22-12-17(24)28-3)15-6-4-5-7-16(15)21(23)26/h4-11,18-19H,12H2,1-3H3,(H,22,25)/t18-,19-/m1/s1. The molecule has 0 saturated carbocycles. The molecule has 2 atom stereocenters. The van der Waals surface area contributed by atoms with Gasteiger partial charge in [-0.25, -0.2) is 0 Å². The molecular formula is C21H22N2O5. The Hall–Kier alpha value is -3.35. The van der Waals surface area contributed by atoms with Gasteiger partial charge in [-0.1, -0.05) is 30.3 Å². The lowest BCUT2D eigenvalue weighted by molar-refractivity contribution is -0.141. The van der Waals surface area contributed by atoms with Gasteiger partial charge < -0.3 is 19.7 Å². The summed E-state index contributed by atoms with van der Waals surface area (Å²) in [6.45, 7) is -0.235. The molecule has 1 heterocycles. The lowest BCUT2D eigenvalue weighted by Crippen LogP contribution is -2.46. The molecule has 0 aliphatic carbocycles. The molecule has 0 bridgehead atoms. The number of nitrogens with one attached hydrogen (secondary N) is 1. The van der Waals surface area contributed by atoms with Crippen LogP contribution in [0.15, 0.2) is 48.5 Å². The van der Waals surface area contributed by atoms with Crippen molar-refractivity contribution in [3.05, 3.63) is 65.2 Å². The molecule has 0 fully saturated rings. The first-order valence-electron chi connectivity index (χ1n) is 8.82. The van der Waals surface area contributed by atoms with Gasteiger partial charge in [0, 0.05) is 12.6 Å². The molecular weight excluding hydrogens is 360 g/mol. The van der Waals surface area contributed by atoms with Gasteiger partial charge in [0.1, 0.15) is 12.3 Å². The number of amides is 2. The minimum atomic E-state index is -0.669. The molecule has 2 amide bonds. The molecule has 0 radical (unpaired) electrons. The predicted molar refractivity (Wildman–Crippen MR) is 102 cm³/mol. The third-order valence-corrected chi connectivity index (χ3v) is 4.95. The van der Waals surface area contributed by atoms with Crippen LogP contribution in [0.2, 0.25) is 0 Å². The summed E-state index contributed by atoms with van der Waals surface area (Å²) in [4.78, 5) is 39.0. The average Bonchev–Trinajstić information content (AvgIpc) is 2.74. The van der Waals surface area contributed by atoms with Crippen molar-refractivity contribution in [2.24, 2.45) is 0 Å². The number of methoxy groups -OCH3 is 2. The molecule has 0 aromatic heterocycles. The molecule has 1 aliphatic rings. The van der Waals surface area contributed by atoms with Crippen LogP contribution in [0.1, 0.15) is 33.4 Å². The van der Waals surface area contributed by atoms with Gasteiger partial charge in [0.05, 0.1) is 26.2 Å². The Morgan fingerprint density at radius 3 is 2.39 bits per heavy atom. The Morgan fingerprint density at radius 1 is 1.07 bits per heavy atom. The second-order valence-corrected chi connectivity index (χ2v) is 6.49. The number of carbonyl (C=O) groups excluding carboxylic acids is 3. The molecule has 0 unspecified atom stereocenters. The van der Waals surface area contributed by atoms with E-state index in [-0.39, 0.29) is 18.4 Å². The SMILES string of the molecule is COC(=O)CNC(=O)[C@@H]1c2ccccc2C(=O)N(C)[C@@H]1c1ccc(OC)cc1. The molecule has 3 rings (SSSR count). The van der Waals surface area contributed by atoms with Crippen LogP contribution in [0.4, 0.5) is 0 Å². The van der Waals surface area contributed by atoms with E-state index in [0.29, 0.717) is 16.9 Å². The van der Waals surface area contributed by atoms with E-state index in [1.54, 1.807) is 55.5 Å². The summed E-state index contributed by atoms with van der Waals surface area (Å²) in [5.74, 6) is -1.04. The van der Waals surface area contributed by atoms with Gasteiger partial charge in [0.2, 0.25) is 5.91 Å². The summed E-state index contributed by atoms with van der Waals surface area (Å²) in [7, 11) is 4.51. The van der Waals surface area contributed by atoms with Gasteiger partial charge in [-0.3, -0.25) is 14.4 Å². The topological polar surface area (TPSA) is 84.9 Å². The number of hydrogen-bond donors (Lipinski definition) is 1. The number of nitrogens with zero attached hydrogens (tertiary/aromatic N) is 1. The molecule has 7 nitrogen and oxygen atoms in total. The normalized spacial score (nSPS) is 18.2. The van der Waals surface area contributed by atoms with Crippen LogP contribution in [0.25, 0.3) is 0 Å². The molecule has 7 heteroatoms. The highest BCUT2D eigenvalue weighted by atomic mass is 16.5. The predicted octanol–water partition coefficient (Wildman–Crippen LogP) is 1.89. The van der Waals surface area contributed by atoms with E-state index in [0.717, 1.165) is 5.56 Å². The Kier molecular flexibility index (Phi) is 5.63. The average molecular weight is 382 g/mol. The minimum absolute atomic E-state index is 0.159. The fraction of sp³-hybridized carbons (Fsp3) is 0.286. The van der Waals surface area contributed by atoms with E-state index in [1.807, 2.05) is 12.1 Å². The summed E-state index contributed by atoms with van der Waals surface area (Å²) in [5, 5.41) is 2.63. The number of fused-ring (bicyclic) bond motifs is 1. The maximum atomic E-state index is 13.1. The first kappa shape index (κ1) is 19.4. The number of esters is 1. The number of likely N-dealkylation sites (N-methyl/N-ethyl adjacent to an activating group) is 1. The number of carbonyl (C=O) groups is 3. The Labute approximate surface area is 163 Å². The van der Waals surface area contributed by atoms with E-state index >= 15 is 0 Å². The summed E-state index contributed by atoms with van der Waals surface area (Å²) in [6, 6.07) is 13.8. The second-order valence-electron chi connectivity index (χ2n) is 6.49. The van der Waals surface area contributed by atoms with Gasteiger partial charge in [-0.05, 0) is 29.3 Å². The monoisotopic (exact) mass is 382 g/mol. The van der Waals surface area contributed by atoms with Crippen molar-refractivity contribution < 1.29 is 23.9 Å². The first-order chi connectivity index (χ1) is 13.5. The van der Waals surface area contributed by atoms with Crippen molar-refractivity contribution in [3.63, 3.8) is 0 Å². The minimum Gasteiger partial charge on any atom is -0.497 e. The Morgan fingerprint density at radius 2 is 1.75 bits per heavy atom. The zero-order chi connectivity index (χ0) is 20.3. The quantitative estimate of drug-likeness (QED) is 0.799. The zero-order valence-corrected chi connectivity index (χ0v) is 16.0. The van der Waals surface area contributed by atoms with Crippen LogP contribution in [0.5, 0.6) is 5.75 Å². The van der Waals surface area contributed by atoms with Crippen molar-refractivity contribution in [1.29, 1.82) is 0 Å². The molecule has 2 aromatic carbocycles. The molecule has 2 aromatic rings. The Balaban J connectivity index is 2.04. The van der Waals surface area contributed by atoms with E-state index in [1.165, 1.54) is 7.11 Å². The van der Waals surface area contributed by atoms with E-state index in [4.69, 9.17) is 4.74 Å². The van der Waals surface area contributed by atoms with Crippen LogP contribution < -0.4 is 10.1 Å². The van der Waals surface area contributed by atoms with Crippen molar-refractivity contribution >= 4 is 17.8 Å². The molecule has 0 spiro atoms. The van der Waals surface area contributed by atoms with Crippen molar-refractivity contribution in [2.75, 3.05) is 27.8 Å². The second kappa shape index (κ2) is 8.12. The highest BCUT2D eigenvalue weighted by Crippen LogP contribution is 2.42. The van der Waals surface area contributed by atoms with E-state index < -0.39 is 17.9 Å². The smallest absolute Gasteiger partial charge is 0.325 e. The largest absolute Gasteiger partial charge is 0.497 e. The highest BCUT2D eigenvalue weighted by molar-refractivity contribution is 6.01. The van der Waals surface area contributed by atoms with Crippen molar-refractivity contribution in [3.8, 4) is 5.75 Å². The van der Waals surface area contributed by atoms with Crippen LogP contribution in [-0.2, 0) is 14.3 Å². The molecule has 1 aliphatic heterocycles. The fourth-order valence-electron chi connectivity index (χ4n) is 3.52. The van der Waals surface area contributed by atoms with Crippen molar-refractivity contribution in [2.45, 2.75) is 12.0 Å². The molecule has 146 valence electrons. The Bertz CT molecular complexity index is 894. The summed E-state index contributed by atoms with van der Waals surface area (Å²) < 4.78 is 9.80. The fourth-order valence-corrected chi connectivity index (χ4v) is 3.52. The van der Waals surface area contributed by atoms with Crippen LogP contribution >= 0.6 is 0 Å². The zero-order valence-electron chi connectivity index (χ0n) is 16.0. The third kappa shape index (κ3) is 3.55. The third-order valence-electron chi connectivity index (χ3n) is 4.95. The molecule has 1 N–H and O–H groups in total. The van der Waals surface area contributed by atoms with Gasteiger partial charge in [0.25, 0.3) is 5.91 Å². The van der Waals surface area contributed by atoms with Gasteiger partial charge >= 0.3 is 5.97 Å². The van der Waals surface area contributed by atoms with E-state index in [9.17, 15) is 14.4 Å². The highest BCUT2D eigenvalue weighted by Gasteiger charge is 2.42. The van der Waals surface area contributed by atoms with Crippen molar-refractivity contribution in [1.82, 2.24) is 10.2 Å². The van der Waals surface area contributed by atoms with Crippen LogP contribution in [-0.4, -0.2) is 50.5 Å². The number of ether oxygens (including phenoxy) is 2. The number of hydrogen-bond acceptors (Lipinski definition) is 5. The summed E-state index contributed by atoms with van der Waals surface area (Å²) in [5.41, 5.74) is 1.91. The summed E-state index contributed by atoms with van der Waals surface area (Å²) >= 11 is 0. The number of benzene rings is 2. The van der Waals surface area contributed by atoms with Gasteiger partial charge in [-0.15, -0.1) is 0 Å². The van der Waals surface area contributed by atoms with Crippen LogP contribution in [0.3, 0.4) is 0 Å². The lowest BCUT2D eigenvalue weighted by atomic mass is 9.79. The maximum absolute atomic E-state index is 13.1. The van der Waals surface area contributed by atoms with Crippen LogP contribution in [0, 0.1) is 0 Å². The molecule has 0 saturated heterocycles.